The number of rotatable bonds is 6. The maximum absolute atomic E-state index is 13.3. The van der Waals surface area contributed by atoms with Gasteiger partial charge in [-0.05, 0) is 30.9 Å². The van der Waals surface area contributed by atoms with Crippen LogP contribution >= 0.6 is 11.3 Å². The fourth-order valence-electron chi connectivity index (χ4n) is 2.83. The lowest BCUT2D eigenvalue weighted by atomic mass is 10.0. The summed E-state index contributed by atoms with van der Waals surface area (Å²) in [5, 5.41) is 11.3. The summed E-state index contributed by atoms with van der Waals surface area (Å²) in [7, 11) is 1.37. The SMILES string of the molecule is COc1cnc(C(F)F)cc1-c1cnc(N=CN)cc1C(=O)Nc1nnc(C#CC2CC2)s1. The molecule has 0 radical (unpaired) electrons. The van der Waals surface area contributed by atoms with Crippen LogP contribution in [-0.4, -0.2) is 39.5 Å². The molecule has 0 saturated heterocycles. The predicted molar refractivity (Wildman–Crippen MR) is 119 cm³/mol. The predicted octanol–water partition coefficient (Wildman–Crippen LogP) is 3.57. The first-order valence-electron chi connectivity index (χ1n) is 9.71. The molecule has 12 heteroatoms. The number of nitrogens with zero attached hydrogens (tertiary/aromatic N) is 5. The Kier molecular flexibility index (Phi) is 6.50. The van der Waals surface area contributed by atoms with Gasteiger partial charge in [-0.25, -0.2) is 18.8 Å². The van der Waals surface area contributed by atoms with E-state index in [1.54, 1.807) is 0 Å². The minimum Gasteiger partial charge on any atom is -0.494 e. The second kappa shape index (κ2) is 9.66. The number of nitrogens with two attached hydrogens (primary N) is 1. The summed E-state index contributed by atoms with van der Waals surface area (Å²) < 4.78 is 31.8. The Morgan fingerprint density at radius 1 is 1.30 bits per heavy atom. The van der Waals surface area contributed by atoms with Crippen LogP contribution in [-0.2, 0) is 0 Å². The molecule has 0 atom stereocenters. The van der Waals surface area contributed by atoms with Gasteiger partial charge in [0, 0.05) is 23.2 Å². The molecule has 1 fully saturated rings. The van der Waals surface area contributed by atoms with Gasteiger partial charge >= 0.3 is 0 Å². The third-order valence-corrected chi connectivity index (χ3v) is 5.32. The van der Waals surface area contributed by atoms with Gasteiger partial charge in [-0.3, -0.25) is 15.1 Å². The van der Waals surface area contributed by atoms with E-state index in [9.17, 15) is 13.6 Å². The molecule has 0 spiro atoms. The number of carbonyl (C=O) groups excluding carboxylic acids is 1. The standard InChI is InChI=1S/C21H17F2N7O2S/c1-32-16-9-25-15(19(22)23)6-12(16)14-8-26-17(27-10-24)7-13(14)20(31)28-21-30-29-18(33-21)5-4-11-2-3-11/h6-11,19H,2-3H2,1H3,(H2,24,26,27)(H,28,30,31). The molecule has 4 rings (SSSR count). The summed E-state index contributed by atoms with van der Waals surface area (Å²) >= 11 is 1.13. The molecule has 0 aromatic carbocycles. The summed E-state index contributed by atoms with van der Waals surface area (Å²) in [6.07, 6.45) is 2.88. The number of halogens is 2. The molecular formula is C21H17F2N7O2S. The lowest BCUT2D eigenvalue weighted by Crippen LogP contribution is -2.14. The number of anilines is 1. The first-order chi connectivity index (χ1) is 16.0. The molecule has 1 aliphatic carbocycles. The number of hydrogen-bond donors (Lipinski definition) is 2. The van der Waals surface area contributed by atoms with Gasteiger partial charge < -0.3 is 10.5 Å². The van der Waals surface area contributed by atoms with Gasteiger partial charge in [-0.2, -0.15) is 0 Å². The molecular weight excluding hydrogens is 452 g/mol. The Hall–Kier alpha value is -3.98. The number of alkyl halides is 2. The van der Waals surface area contributed by atoms with Crippen molar-refractivity contribution in [2.45, 2.75) is 19.3 Å². The quantitative estimate of drug-likeness (QED) is 0.321. The molecule has 1 saturated carbocycles. The number of ether oxygens (including phenoxy) is 1. The van der Waals surface area contributed by atoms with Crippen molar-refractivity contribution in [1.82, 2.24) is 20.2 Å². The molecule has 9 nitrogen and oxygen atoms in total. The van der Waals surface area contributed by atoms with E-state index in [0.717, 1.165) is 36.6 Å². The van der Waals surface area contributed by atoms with Crippen molar-refractivity contribution >= 4 is 34.5 Å². The summed E-state index contributed by atoms with van der Waals surface area (Å²) in [5.74, 6) is 6.20. The van der Waals surface area contributed by atoms with Crippen LogP contribution in [0.4, 0.5) is 19.7 Å². The lowest BCUT2D eigenvalue weighted by molar-refractivity contribution is 0.102. The van der Waals surface area contributed by atoms with Crippen LogP contribution in [0, 0.1) is 17.8 Å². The Labute approximate surface area is 191 Å². The lowest BCUT2D eigenvalue weighted by Gasteiger charge is -2.14. The van der Waals surface area contributed by atoms with Crippen LogP contribution in [0.1, 0.15) is 40.3 Å². The first-order valence-corrected chi connectivity index (χ1v) is 10.5. The van der Waals surface area contributed by atoms with Crippen molar-refractivity contribution in [3.63, 3.8) is 0 Å². The number of aliphatic imine (C=N–C) groups is 1. The number of aromatic nitrogens is 4. The topological polar surface area (TPSA) is 128 Å². The van der Waals surface area contributed by atoms with Crippen molar-refractivity contribution in [3.8, 4) is 28.7 Å². The highest BCUT2D eigenvalue weighted by Crippen LogP contribution is 2.35. The van der Waals surface area contributed by atoms with Crippen LogP contribution in [0.2, 0.25) is 0 Å². The summed E-state index contributed by atoms with van der Waals surface area (Å²) in [6.45, 7) is 0. The van der Waals surface area contributed by atoms with Gasteiger partial charge in [0.2, 0.25) is 5.13 Å². The summed E-state index contributed by atoms with van der Waals surface area (Å²) in [5.41, 5.74) is 5.43. The highest BCUT2D eigenvalue weighted by Gasteiger charge is 2.22. The third kappa shape index (κ3) is 5.27. The van der Waals surface area contributed by atoms with Crippen LogP contribution in [0.15, 0.2) is 29.5 Å². The number of amides is 1. The van der Waals surface area contributed by atoms with E-state index in [4.69, 9.17) is 10.5 Å². The van der Waals surface area contributed by atoms with Crippen LogP contribution in [0.3, 0.4) is 0 Å². The molecule has 3 N–H and O–H groups in total. The molecule has 0 aliphatic heterocycles. The minimum atomic E-state index is -2.81. The minimum absolute atomic E-state index is 0.0936. The van der Waals surface area contributed by atoms with E-state index in [2.05, 4.69) is 42.3 Å². The smallest absolute Gasteiger partial charge is 0.280 e. The van der Waals surface area contributed by atoms with Crippen molar-refractivity contribution in [2.24, 2.45) is 16.6 Å². The normalized spacial score (nSPS) is 13.1. The van der Waals surface area contributed by atoms with Crippen molar-refractivity contribution in [1.29, 1.82) is 0 Å². The first kappa shape index (κ1) is 22.2. The van der Waals surface area contributed by atoms with Crippen molar-refractivity contribution < 1.29 is 18.3 Å². The van der Waals surface area contributed by atoms with Gasteiger partial charge in [0.25, 0.3) is 12.3 Å². The monoisotopic (exact) mass is 469 g/mol. The number of nitrogens with one attached hydrogen (secondary N) is 1. The zero-order chi connectivity index (χ0) is 23.4. The van der Waals surface area contributed by atoms with E-state index >= 15 is 0 Å². The number of carbonyl (C=O) groups is 1. The van der Waals surface area contributed by atoms with E-state index in [-0.39, 0.29) is 33.4 Å². The van der Waals surface area contributed by atoms with Gasteiger partial charge in [-0.15, -0.1) is 10.2 Å². The fraction of sp³-hybridized carbons (Fsp3) is 0.238. The third-order valence-electron chi connectivity index (χ3n) is 4.57. The second-order valence-corrected chi connectivity index (χ2v) is 7.86. The van der Waals surface area contributed by atoms with Crippen molar-refractivity contribution in [3.05, 3.63) is 40.8 Å². The average Bonchev–Trinajstić information content (AvgIpc) is 3.55. The Balaban J connectivity index is 1.71. The van der Waals surface area contributed by atoms with Gasteiger partial charge in [0.05, 0.1) is 25.2 Å². The maximum Gasteiger partial charge on any atom is 0.280 e. The number of methoxy groups -OCH3 is 1. The second-order valence-electron chi connectivity index (χ2n) is 6.89. The van der Waals surface area contributed by atoms with Gasteiger partial charge in [0.1, 0.15) is 11.4 Å². The van der Waals surface area contributed by atoms with E-state index in [1.807, 2.05) is 0 Å². The van der Waals surface area contributed by atoms with Crippen molar-refractivity contribution in [2.75, 3.05) is 12.4 Å². The van der Waals surface area contributed by atoms with E-state index < -0.39 is 18.0 Å². The molecule has 1 amide bonds. The highest BCUT2D eigenvalue weighted by atomic mass is 32.1. The Morgan fingerprint density at radius 2 is 2.12 bits per heavy atom. The zero-order valence-corrected chi connectivity index (χ0v) is 18.1. The molecule has 0 bridgehead atoms. The molecule has 33 heavy (non-hydrogen) atoms. The molecule has 3 heterocycles. The molecule has 3 aromatic rings. The van der Waals surface area contributed by atoms with E-state index in [1.165, 1.54) is 25.6 Å². The van der Waals surface area contributed by atoms with Crippen LogP contribution in [0.25, 0.3) is 11.1 Å². The van der Waals surface area contributed by atoms with Crippen LogP contribution in [0.5, 0.6) is 5.75 Å². The zero-order valence-electron chi connectivity index (χ0n) is 17.2. The highest BCUT2D eigenvalue weighted by molar-refractivity contribution is 7.15. The average molecular weight is 469 g/mol. The molecule has 0 unspecified atom stereocenters. The molecule has 3 aromatic heterocycles. The van der Waals surface area contributed by atoms with Gasteiger partial charge in [0.15, 0.2) is 10.8 Å². The Bertz CT molecular complexity index is 1280. The fourth-order valence-corrected chi connectivity index (χ4v) is 3.43. The Morgan fingerprint density at radius 3 is 2.82 bits per heavy atom. The summed E-state index contributed by atoms with van der Waals surface area (Å²) in [6, 6.07) is 2.53. The number of pyridine rings is 2. The van der Waals surface area contributed by atoms with Crippen LogP contribution < -0.4 is 15.8 Å². The summed E-state index contributed by atoms with van der Waals surface area (Å²) in [4.78, 5) is 24.9. The number of hydrogen-bond acceptors (Lipinski definition) is 8. The molecule has 168 valence electrons. The van der Waals surface area contributed by atoms with Gasteiger partial charge in [-0.1, -0.05) is 17.3 Å². The molecule has 1 aliphatic rings. The largest absolute Gasteiger partial charge is 0.494 e. The maximum atomic E-state index is 13.3. The van der Waals surface area contributed by atoms with E-state index in [0.29, 0.717) is 10.9 Å².